The van der Waals surface area contributed by atoms with Gasteiger partial charge in [-0.3, -0.25) is 0 Å². The summed E-state index contributed by atoms with van der Waals surface area (Å²) in [6.07, 6.45) is 10.5. The van der Waals surface area contributed by atoms with E-state index in [2.05, 4.69) is 29.8 Å². The molecule has 3 heteroatoms. The zero-order valence-corrected chi connectivity index (χ0v) is 18.9. The Kier molecular flexibility index (Phi) is 7.06. The topological polar surface area (TPSA) is 42.4 Å². The van der Waals surface area contributed by atoms with Crippen molar-refractivity contribution in [2.45, 2.75) is 44.1 Å². The largest absolute Gasteiger partial charge is 0.481 e. The van der Waals surface area contributed by atoms with Gasteiger partial charge in [-0.1, -0.05) is 98.8 Å². The van der Waals surface area contributed by atoms with Gasteiger partial charge in [0, 0.05) is 17.7 Å². The number of methoxy groups -OCH3 is 1. The van der Waals surface area contributed by atoms with Crippen LogP contribution in [0.15, 0.2) is 85.6 Å². The highest BCUT2D eigenvalue weighted by Crippen LogP contribution is 2.49. The maximum Gasteiger partial charge on any atom is 0.219 e. The molecule has 1 heterocycles. The molecule has 1 saturated carbocycles. The summed E-state index contributed by atoms with van der Waals surface area (Å²) in [6, 6.07) is 22.3. The van der Waals surface area contributed by atoms with Gasteiger partial charge in [-0.25, -0.2) is 4.98 Å². The third kappa shape index (κ3) is 4.35. The molecule has 0 aliphatic heterocycles. The van der Waals surface area contributed by atoms with Crippen molar-refractivity contribution in [3.05, 3.63) is 96.7 Å². The first-order valence-corrected chi connectivity index (χ1v) is 11.7. The second kappa shape index (κ2) is 10.1. The molecule has 166 valence electrons. The summed E-state index contributed by atoms with van der Waals surface area (Å²) in [6.45, 7) is 4.05. The monoisotopic (exact) mass is 427 g/mol. The third-order valence-corrected chi connectivity index (χ3v) is 6.95. The summed E-state index contributed by atoms with van der Waals surface area (Å²) in [5.74, 6) is 0.877. The lowest BCUT2D eigenvalue weighted by Gasteiger charge is -2.43. The van der Waals surface area contributed by atoms with Crippen LogP contribution in [0.25, 0.3) is 11.1 Å². The van der Waals surface area contributed by atoms with Crippen LogP contribution in [-0.2, 0) is 5.60 Å². The summed E-state index contributed by atoms with van der Waals surface area (Å²) >= 11 is 0. The molecule has 0 saturated heterocycles. The van der Waals surface area contributed by atoms with Crippen molar-refractivity contribution >= 4 is 0 Å². The number of pyridine rings is 1. The molecule has 4 rings (SSSR count). The van der Waals surface area contributed by atoms with Crippen LogP contribution < -0.4 is 4.74 Å². The van der Waals surface area contributed by atoms with E-state index in [-0.39, 0.29) is 5.92 Å². The Morgan fingerprint density at radius 1 is 1.03 bits per heavy atom. The van der Waals surface area contributed by atoms with E-state index in [0.717, 1.165) is 41.5 Å². The predicted octanol–water partition coefficient (Wildman–Crippen LogP) is 6.77. The van der Waals surface area contributed by atoms with Crippen molar-refractivity contribution in [2.75, 3.05) is 7.11 Å². The molecule has 0 spiro atoms. The number of hydrogen-bond donors (Lipinski definition) is 1. The van der Waals surface area contributed by atoms with Crippen LogP contribution in [0.1, 0.15) is 49.7 Å². The lowest BCUT2D eigenvalue weighted by molar-refractivity contribution is -0.0210. The second-order valence-electron chi connectivity index (χ2n) is 8.81. The van der Waals surface area contributed by atoms with E-state index >= 15 is 0 Å². The highest BCUT2D eigenvalue weighted by atomic mass is 16.5. The number of aliphatic hydroxyl groups is 1. The van der Waals surface area contributed by atoms with Gasteiger partial charge in [0.15, 0.2) is 0 Å². The molecule has 3 nitrogen and oxygen atoms in total. The molecule has 0 amide bonds. The van der Waals surface area contributed by atoms with Crippen LogP contribution in [0, 0.1) is 11.8 Å². The van der Waals surface area contributed by atoms with Gasteiger partial charge in [0.1, 0.15) is 5.60 Å². The summed E-state index contributed by atoms with van der Waals surface area (Å²) in [7, 11) is 1.63. The highest BCUT2D eigenvalue weighted by molar-refractivity contribution is 5.65. The summed E-state index contributed by atoms with van der Waals surface area (Å²) in [5, 5.41) is 12.7. The quantitative estimate of drug-likeness (QED) is 0.404. The minimum Gasteiger partial charge on any atom is -0.481 e. The fourth-order valence-electron chi connectivity index (χ4n) is 5.36. The summed E-state index contributed by atoms with van der Waals surface area (Å²) in [4.78, 5) is 4.64. The van der Waals surface area contributed by atoms with Gasteiger partial charge in [-0.05, 0) is 29.5 Å². The van der Waals surface area contributed by atoms with E-state index in [1.54, 1.807) is 7.11 Å². The van der Waals surface area contributed by atoms with Crippen molar-refractivity contribution in [3.63, 3.8) is 0 Å². The Hall–Kier alpha value is -2.91. The van der Waals surface area contributed by atoms with E-state index in [4.69, 9.17) is 4.74 Å². The smallest absolute Gasteiger partial charge is 0.219 e. The van der Waals surface area contributed by atoms with Gasteiger partial charge >= 0.3 is 0 Å². The molecule has 1 aliphatic rings. The van der Waals surface area contributed by atoms with Gasteiger partial charge in [0.25, 0.3) is 0 Å². The molecule has 2 atom stereocenters. The SMILES string of the molecule is C=CCC(C1CCCCC1)C(O)(c1ccccc1)c1cc(-c2ccccc2)cnc1OC. The van der Waals surface area contributed by atoms with E-state index in [1.165, 1.54) is 19.3 Å². The number of nitrogens with zero attached hydrogens (tertiary/aromatic N) is 1. The first-order valence-electron chi connectivity index (χ1n) is 11.7. The molecule has 1 fully saturated rings. The number of hydrogen-bond acceptors (Lipinski definition) is 3. The van der Waals surface area contributed by atoms with Gasteiger partial charge < -0.3 is 9.84 Å². The predicted molar refractivity (Wildman–Crippen MR) is 131 cm³/mol. The average molecular weight is 428 g/mol. The Labute approximate surface area is 191 Å². The standard InChI is InChI=1S/C29H33NO2/c1-3-13-26(23-16-9-5-10-17-23)29(31,25-18-11-6-12-19-25)27-20-24(21-30-28(27)32-2)22-14-7-4-8-15-22/h3-4,6-8,11-12,14-15,18-21,23,26,31H,1,5,9-10,13,16-17H2,2H3. The molecule has 32 heavy (non-hydrogen) atoms. The molecule has 1 aromatic heterocycles. The van der Waals surface area contributed by atoms with Crippen molar-refractivity contribution in [1.82, 2.24) is 4.98 Å². The highest BCUT2D eigenvalue weighted by Gasteiger charge is 2.46. The molecule has 2 aromatic carbocycles. The zero-order chi connectivity index (χ0) is 22.4. The molecular formula is C29H33NO2. The summed E-state index contributed by atoms with van der Waals surface area (Å²) < 4.78 is 5.72. The number of aromatic nitrogens is 1. The fourth-order valence-corrected chi connectivity index (χ4v) is 5.36. The number of ether oxygens (including phenoxy) is 1. The van der Waals surface area contributed by atoms with E-state index in [0.29, 0.717) is 11.8 Å². The zero-order valence-electron chi connectivity index (χ0n) is 18.9. The summed E-state index contributed by atoms with van der Waals surface area (Å²) in [5.41, 5.74) is 2.40. The number of rotatable bonds is 8. The number of allylic oxidation sites excluding steroid dienone is 1. The van der Waals surface area contributed by atoms with E-state index in [1.807, 2.05) is 60.8 Å². The number of benzene rings is 2. The van der Waals surface area contributed by atoms with Gasteiger partial charge in [0.05, 0.1) is 12.7 Å². The molecule has 3 aromatic rings. The maximum absolute atomic E-state index is 12.7. The average Bonchev–Trinajstić information content (AvgIpc) is 2.88. The first kappa shape index (κ1) is 22.3. The van der Waals surface area contributed by atoms with Crippen LogP contribution in [0.3, 0.4) is 0 Å². The minimum absolute atomic E-state index is 0.00979. The van der Waals surface area contributed by atoms with Gasteiger partial charge in [0.2, 0.25) is 5.88 Å². The molecule has 1 aliphatic carbocycles. The van der Waals surface area contributed by atoms with Gasteiger partial charge in [-0.2, -0.15) is 0 Å². The Morgan fingerprint density at radius 2 is 1.69 bits per heavy atom. The van der Waals surface area contributed by atoms with E-state index in [9.17, 15) is 5.11 Å². The Morgan fingerprint density at radius 3 is 2.31 bits per heavy atom. The van der Waals surface area contributed by atoms with Crippen molar-refractivity contribution in [2.24, 2.45) is 11.8 Å². The molecular weight excluding hydrogens is 394 g/mol. The van der Waals surface area contributed by atoms with Crippen LogP contribution in [0.4, 0.5) is 0 Å². The molecule has 0 bridgehead atoms. The van der Waals surface area contributed by atoms with Crippen molar-refractivity contribution < 1.29 is 9.84 Å². The third-order valence-electron chi connectivity index (χ3n) is 6.95. The minimum atomic E-state index is -1.24. The van der Waals surface area contributed by atoms with Crippen LogP contribution in [0.5, 0.6) is 5.88 Å². The van der Waals surface area contributed by atoms with Crippen LogP contribution in [-0.4, -0.2) is 17.2 Å². The molecule has 1 N–H and O–H groups in total. The van der Waals surface area contributed by atoms with Crippen molar-refractivity contribution in [1.29, 1.82) is 0 Å². The second-order valence-corrected chi connectivity index (χ2v) is 8.81. The Bertz CT molecular complexity index is 1010. The molecule has 0 radical (unpaired) electrons. The normalized spacial score (nSPS) is 17.3. The van der Waals surface area contributed by atoms with Crippen molar-refractivity contribution in [3.8, 4) is 17.0 Å². The van der Waals surface area contributed by atoms with E-state index < -0.39 is 5.60 Å². The lowest BCUT2D eigenvalue weighted by atomic mass is 9.65. The first-order chi connectivity index (χ1) is 15.7. The van der Waals surface area contributed by atoms with Crippen LogP contribution >= 0.6 is 0 Å². The van der Waals surface area contributed by atoms with Crippen LogP contribution in [0.2, 0.25) is 0 Å². The molecule has 2 unspecified atom stereocenters. The fraction of sp³-hybridized carbons (Fsp3) is 0.345. The lowest BCUT2D eigenvalue weighted by Crippen LogP contribution is -2.41. The van der Waals surface area contributed by atoms with Gasteiger partial charge in [-0.15, -0.1) is 6.58 Å². The maximum atomic E-state index is 12.7. The Balaban J connectivity index is 1.93.